The van der Waals surface area contributed by atoms with Gasteiger partial charge in [-0.15, -0.1) is 0 Å². The standard InChI is InChI=1S/C27H32N4O4/c1-18(15-19-7-4-3-5-8-19)31-23-11-10-20-12-14-30(27(34)35-2)17-22(20)24(23)28-26(31)29-13-6-9-21(16-29)25(32)33/h3-5,7-8,10-11,18,21H,6,9,12-17H2,1-2H3,(H,32,33)/t18-,21+/m0/s1. The number of nitrogens with zero attached hydrogens (tertiary/aromatic N) is 4. The Morgan fingerprint density at radius 1 is 1.17 bits per heavy atom. The second kappa shape index (κ2) is 9.60. The Morgan fingerprint density at radius 2 is 1.97 bits per heavy atom. The van der Waals surface area contributed by atoms with Crippen LogP contribution in [-0.2, 0) is 28.9 Å². The highest BCUT2D eigenvalue weighted by Gasteiger charge is 2.31. The van der Waals surface area contributed by atoms with Crippen molar-refractivity contribution >= 4 is 29.0 Å². The van der Waals surface area contributed by atoms with Gasteiger partial charge in [-0.2, -0.15) is 0 Å². The van der Waals surface area contributed by atoms with Gasteiger partial charge in [0.05, 0.1) is 30.6 Å². The number of methoxy groups -OCH3 is 1. The summed E-state index contributed by atoms with van der Waals surface area (Å²) in [6, 6.07) is 14.8. The first-order valence-corrected chi connectivity index (χ1v) is 12.3. The van der Waals surface area contributed by atoms with Crippen LogP contribution in [0, 0.1) is 5.92 Å². The predicted octanol–water partition coefficient (Wildman–Crippen LogP) is 4.27. The van der Waals surface area contributed by atoms with Gasteiger partial charge in [-0.1, -0.05) is 36.4 Å². The number of amides is 1. The van der Waals surface area contributed by atoms with Crippen molar-refractivity contribution in [2.45, 2.75) is 45.2 Å². The molecule has 1 fully saturated rings. The summed E-state index contributed by atoms with van der Waals surface area (Å²) in [5.41, 5.74) is 5.41. The van der Waals surface area contributed by atoms with Crippen molar-refractivity contribution in [3.05, 3.63) is 59.2 Å². The van der Waals surface area contributed by atoms with Crippen molar-refractivity contribution in [3.63, 3.8) is 0 Å². The maximum atomic E-state index is 12.3. The minimum atomic E-state index is -0.749. The highest BCUT2D eigenvalue weighted by molar-refractivity contribution is 5.85. The maximum Gasteiger partial charge on any atom is 0.409 e. The Hall–Kier alpha value is -3.55. The minimum Gasteiger partial charge on any atom is -0.481 e. The maximum absolute atomic E-state index is 12.3. The van der Waals surface area contributed by atoms with Crippen LogP contribution in [0.5, 0.6) is 0 Å². The Bertz CT molecular complexity index is 1240. The summed E-state index contributed by atoms with van der Waals surface area (Å²) in [5.74, 6) is -0.330. The lowest BCUT2D eigenvalue weighted by Crippen LogP contribution is -2.40. The molecule has 5 rings (SSSR count). The number of piperidine rings is 1. The van der Waals surface area contributed by atoms with Crippen molar-refractivity contribution in [2.24, 2.45) is 5.92 Å². The van der Waals surface area contributed by atoms with E-state index in [1.165, 1.54) is 18.2 Å². The number of hydrogen-bond donors (Lipinski definition) is 1. The highest BCUT2D eigenvalue weighted by Crippen LogP contribution is 2.35. The Labute approximate surface area is 205 Å². The summed E-state index contributed by atoms with van der Waals surface area (Å²) < 4.78 is 7.25. The molecule has 1 amide bonds. The van der Waals surface area contributed by atoms with Gasteiger partial charge in [-0.25, -0.2) is 9.78 Å². The monoisotopic (exact) mass is 476 g/mol. The van der Waals surface area contributed by atoms with E-state index in [2.05, 4.69) is 52.8 Å². The molecule has 1 aromatic heterocycles. The second-order valence-electron chi connectivity index (χ2n) is 9.66. The molecule has 1 saturated heterocycles. The van der Waals surface area contributed by atoms with Crippen LogP contribution in [0.15, 0.2) is 42.5 Å². The molecule has 0 spiro atoms. The number of carbonyl (C=O) groups is 2. The van der Waals surface area contributed by atoms with E-state index in [-0.39, 0.29) is 12.1 Å². The predicted molar refractivity (Wildman–Crippen MR) is 134 cm³/mol. The number of benzene rings is 2. The molecule has 2 aliphatic rings. The van der Waals surface area contributed by atoms with E-state index in [0.717, 1.165) is 48.4 Å². The van der Waals surface area contributed by atoms with E-state index < -0.39 is 11.9 Å². The lowest BCUT2D eigenvalue weighted by atomic mass is 9.98. The van der Waals surface area contributed by atoms with Gasteiger partial charge in [0.15, 0.2) is 0 Å². The van der Waals surface area contributed by atoms with Crippen LogP contribution in [0.25, 0.3) is 11.0 Å². The van der Waals surface area contributed by atoms with Crippen molar-refractivity contribution in [1.29, 1.82) is 0 Å². The van der Waals surface area contributed by atoms with Crippen LogP contribution < -0.4 is 4.90 Å². The van der Waals surface area contributed by atoms with Gasteiger partial charge in [0, 0.05) is 31.2 Å². The third-order valence-corrected chi connectivity index (χ3v) is 7.35. The first kappa shape index (κ1) is 23.2. The molecule has 0 radical (unpaired) electrons. The van der Waals surface area contributed by atoms with Crippen molar-refractivity contribution in [3.8, 4) is 0 Å². The Balaban J connectivity index is 1.60. The molecule has 8 nitrogen and oxygen atoms in total. The van der Waals surface area contributed by atoms with E-state index in [1.807, 2.05) is 6.07 Å². The summed E-state index contributed by atoms with van der Waals surface area (Å²) in [4.78, 5) is 33.0. The zero-order valence-corrected chi connectivity index (χ0v) is 20.3. The van der Waals surface area contributed by atoms with E-state index in [0.29, 0.717) is 26.1 Å². The molecule has 0 saturated carbocycles. The van der Waals surface area contributed by atoms with Crippen molar-refractivity contribution in [1.82, 2.24) is 14.5 Å². The number of hydrogen-bond acceptors (Lipinski definition) is 5. The number of carboxylic acids is 1. The number of fused-ring (bicyclic) bond motifs is 3. The molecule has 0 aliphatic carbocycles. The first-order valence-electron chi connectivity index (χ1n) is 12.3. The molecule has 2 aromatic carbocycles. The molecule has 3 aromatic rings. The van der Waals surface area contributed by atoms with Gasteiger partial charge in [0.1, 0.15) is 0 Å². The summed E-state index contributed by atoms with van der Waals surface area (Å²) in [7, 11) is 1.41. The van der Waals surface area contributed by atoms with Gasteiger partial charge in [-0.3, -0.25) is 4.79 Å². The zero-order chi connectivity index (χ0) is 24.5. The fraction of sp³-hybridized carbons (Fsp3) is 0.444. The van der Waals surface area contributed by atoms with Gasteiger partial charge < -0.3 is 24.2 Å². The first-order chi connectivity index (χ1) is 17.0. The molecule has 3 heterocycles. The van der Waals surface area contributed by atoms with Crippen LogP contribution >= 0.6 is 0 Å². The van der Waals surface area contributed by atoms with E-state index in [1.54, 1.807) is 4.90 Å². The number of carbonyl (C=O) groups excluding carboxylic acids is 1. The lowest BCUT2D eigenvalue weighted by molar-refractivity contribution is -0.141. The fourth-order valence-electron chi connectivity index (χ4n) is 5.53. The molecule has 0 unspecified atom stereocenters. The molecule has 0 bridgehead atoms. The van der Waals surface area contributed by atoms with Crippen LogP contribution in [0.2, 0.25) is 0 Å². The number of anilines is 1. The Kier molecular flexibility index (Phi) is 6.36. The van der Waals surface area contributed by atoms with Gasteiger partial charge in [-0.05, 0) is 49.8 Å². The van der Waals surface area contributed by atoms with E-state index >= 15 is 0 Å². The fourth-order valence-corrected chi connectivity index (χ4v) is 5.53. The largest absolute Gasteiger partial charge is 0.481 e. The normalized spacial score (nSPS) is 18.9. The molecule has 2 aliphatic heterocycles. The number of carboxylic acid groups (broad SMARTS) is 1. The molecule has 35 heavy (non-hydrogen) atoms. The van der Waals surface area contributed by atoms with Crippen molar-refractivity contribution < 1.29 is 19.4 Å². The summed E-state index contributed by atoms with van der Waals surface area (Å²) >= 11 is 0. The van der Waals surface area contributed by atoms with Crippen LogP contribution in [0.1, 0.15) is 42.5 Å². The summed E-state index contributed by atoms with van der Waals surface area (Å²) in [6.07, 6.45) is 2.77. The van der Waals surface area contributed by atoms with Crippen LogP contribution in [0.3, 0.4) is 0 Å². The summed E-state index contributed by atoms with van der Waals surface area (Å²) in [6.45, 7) is 4.50. The highest BCUT2D eigenvalue weighted by atomic mass is 16.5. The topological polar surface area (TPSA) is 87.9 Å². The zero-order valence-electron chi connectivity index (χ0n) is 20.3. The average Bonchev–Trinajstić information content (AvgIpc) is 3.29. The number of aromatic nitrogens is 2. The Morgan fingerprint density at radius 3 is 2.71 bits per heavy atom. The lowest BCUT2D eigenvalue weighted by Gasteiger charge is -2.33. The quantitative estimate of drug-likeness (QED) is 0.592. The van der Waals surface area contributed by atoms with Gasteiger partial charge in [0.25, 0.3) is 0 Å². The number of ether oxygens (including phenoxy) is 1. The number of imidazole rings is 1. The van der Waals surface area contributed by atoms with Gasteiger partial charge >= 0.3 is 12.1 Å². The average molecular weight is 477 g/mol. The van der Waals surface area contributed by atoms with E-state index in [9.17, 15) is 14.7 Å². The SMILES string of the molecule is COC(=O)N1CCc2ccc3c(nc(N4CCC[C@@H](C(=O)O)C4)n3[C@@H](C)Cc3ccccc3)c2C1. The summed E-state index contributed by atoms with van der Waals surface area (Å²) in [5, 5.41) is 9.68. The number of rotatable bonds is 5. The number of aliphatic carboxylic acids is 1. The molecule has 184 valence electrons. The van der Waals surface area contributed by atoms with Gasteiger partial charge in [0.2, 0.25) is 5.95 Å². The third kappa shape index (κ3) is 4.45. The second-order valence-corrected chi connectivity index (χ2v) is 9.66. The van der Waals surface area contributed by atoms with E-state index in [4.69, 9.17) is 9.72 Å². The van der Waals surface area contributed by atoms with Crippen LogP contribution in [-0.4, -0.2) is 58.4 Å². The smallest absolute Gasteiger partial charge is 0.409 e. The molecule has 8 heteroatoms. The molecular formula is C27H32N4O4. The molecule has 2 atom stereocenters. The molecular weight excluding hydrogens is 444 g/mol. The minimum absolute atomic E-state index is 0.112. The van der Waals surface area contributed by atoms with Crippen molar-refractivity contribution in [2.75, 3.05) is 31.6 Å². The molecule has 1 N–H and O–H groups in total. The third-order valence-electron chi connectivity index (χ3n) is 7.35. The van der Waals surface area contributed by atoms with Crippen LogP contribution in [0.4, 0.5) is 10.7 Å².